The Labute approximate surface area is 146 Å². The number of hydrogen-bond acceptors (Lipinski definition) is 5. The highest BCUT2D eigenvalue weighted by Gasteiger charge is 2.22. The van der Waals surface area contributed by atoms with E-state index < -0.39 is 0 Å². The summed E-state index contributed by atoms with van der Waals surface area (Å²) in [6.45, 7) is 4.70. The van der Waals surface area contributed by atoms with Gasteiger partial charge in [0.15, 0.2) is 0 Å². The van der Waals surface area contributed by atoms with Crippen molar-refractivity contribution in [3.05, 3.63) is 56.8 Å². The van der Waals surface area contributed by atoms with Gasteiger partial charge < -0.3 is 14.5 Å². The summed E-state index contributed by atoms with van der Waals surface area (Å²) in [6.07, 6.45) is 2.97. The first-order valence-electron chi connectivity index (χ1n) is 8.43. The third-order valence-corrected chi connectivity index (χ3v) is 4.68. The van der Waals surface area contributed by atoms with Gasteiger partial charge in [-0.25, -0.2) is 4.98 Å². The minimum absolute atomic E-state index is 0.0174. The lowest BCUT2D eigenvalue weighted by Crippen LogP contribution is -2.37. The van der Waals surface area contributed by atoms with Crippen LogP contribution >= 0.6 is 0 Å². The molecule has 1 N–H and O–H groups in total. The van der Waals surface area contributed by atoms with Gasteiger partial charge in [0.1, 0.15) is 23.9 Å². The molecule has 0 atom stereocenters. The number of aromatic amines is 1. The van der Waals surface area contributed by atoms with Crippen LogP contribution in [0.4, 0.5) is 0 Å². The van der Waals surface area contributed by atoms with E-state index in [-0.39, 0.29) is 5.56 Å². The molecule has 130 valence electrons. The van der Waals surface area contributed by atoms with Crippen LogP contribution in [-0.4, -0.2) is 41.7 Å². The number of aryl methyl sites for hydroxylation is 1. The maximum atomic E-state index is 12.2. The minimum Gasteiger partial charge on any atom is -0.497 e. The van der Waals surface area contributed by atoms with Crippen LogP contribution in [-0.2, 0) is 13.0 Å². The van der Waals surface area contributed by atoms with Gasteiger partial charge in [-0.05, 0) is 36.8 Å². The zero-order chi connectivity index (χ0) is 17.4. The molecule has 0 spiro atoms. The normalized spacial score (nSPS) is 16.5. The fraction of sp³-hybridized carbons (Fsp3) is 0.368. The third-order valence-electron chi connectivity index (χ3n) is 4.68. The van der Waals surface area contributed by atoms with Gasteiger partial charge in [-0.1, -0.05) is 0 Å². The summed E-state index contributed by atoms with van der Waals surface area (Å²) >= 11 is 0. The van der Waals surface area contributed by atoms with E-state index in [4.69, 9.17) is 9.47 Å². The quantitative estimate of drug-likeness (QED) is 0.925. The number of rotatable bonds is 3. The Morgan fingerprint density at radius 3 is 3.12 bits per heavy atom. The van der Waals surface area contributed by atoms with Crippen LogP contribution in [0, 0.1) is 6.92 Å². The monoisotopic (exact) mass is 339 g/mol. The average Bonchev–Trinajstić information content (AvgIpc) is 2.61. The molecule has 4 rings (SSSR count). The molecule has 0 saturated heterocycles. The van der Waals surface area contributed by atoms with Gasteiger partial charge in [0, 0.05) is 31.6 Å². The molecule has 0 aliphatic carbocycles. The number of nitrogens with one attached hydrogen (secondary N) is 1. The van der Waals surface area contributed by atoms with Crippen molar-refractivity contribution >= 4 is 6.08 Å². The second kappa shape index (κ2) is 6.37. The molecule has 2 aliphatic rings. The number of methoxy groups -OCH3 is 1. The Kier molecular flexibility index (Phi) is 4.05. The lowest BCUT2D eigenvalue weighted by Gasteiger charge is -2.29. The van der Waals surface area contributed by atoms with E-state index in [1.807, 2.05) is 25.1 Å². The Hall–Kier alpha value is -2.60. The molecule has 0 amide bonds. The van der Waals surface area contributed by atoms with Crippen LogP contribution in [0.3, 0.4) is 0 Å². The lowest BCUT2D eigenvalue weighted by molar-refractivity contribution is 0.253. The maximum Gasteiger partial charge on any atom is 0.255 e. The van der Waals surface area contributed by atoms with Crippen molar-refractivity contribution in [2.75, 3.05) is 26.8 Å². The number of H-pyrrole nitrogens is 1. The van der Waals surface area contributed by atoms with E-state index in [0.717, 1.165) is 47.8 Å². The zero-order valence-corrected chi connectivity index (χ0v) is 14.5. The van der Waals surface area contributed by atoms with E-state index in [1.54, 1.807) is 7.11 Å². The summed E-state index contributed by atoms with van der Waals surface area (Å²) in [7, 11) is 1.66. The van der Waals surface area contributed by atoms with Gasteiger partial charge in [-0.3, -0.25) is 9.69 Å². The van der Waals surface area contributed by atoms with Gasteiger partial charge in [-0.15, -0.1) is 0 Å². The van der Waals surface area contributed by atoms with E-state index in [2.05, 4.69) is 20.9 Å². The minimum atomic E-state index is -0.0174. The summed E-state index contributed by atoms with van der Waals surface area (Å²) < 4.78 is 11.1. The highest BCUT2D eigenvalue weighted by atomic mass is 16.5. The molecule has 0 bridgehead atoms. The predicted molar refractivity (Wildman–Crippen MR) is 95.0 cm³/mol. The summed E-state index contributed by atoms with van der Waals surface area (Å²) in [6, 6.07) is 5.82. The molecule has 1 aromatic carbocycles. The number of aromatic nitrogens is 2. The number of ether oxygens (including phenoxy) is 2. The van der Waals surface area contributed by atoms with E-state index in [1.165, 1.54) is 5.57 Å². The maximum absolute atomic E-state index is 12.2. The molecular formula is C19H21N3O3. The van der Waals surface area contributed by atoms with E-state index in [0.29, 0.717) is 19.0 Å². The van der Waals surface area contributed by atoms with Gasteiger partial charge in [0.2, 0.25) is 0 Å². The second-order valence-electron chi connectivity index (χ2n) is 6.53. The summed E-state index contributed by atoms with van der Waals surface area (Å²) in [5, 5.41) is 0. The standard InChI is InChI=1S/C19H21N3O3/c1-12-20-17-5-6-22(10-16(17)19(23)21-12)9-13-7-14-8-15(24-2)3-4-18(14)25-11-13/h3-4,7-8H,5-6,9-11H2,1-2H3,(H,20,21,23). The van der Waals surface area contributed by atoms with Crippen molar-refractivity contribution < 1.29 is 9.47 Å². The molecule has 0 fully saturated rings. The van der Waals surface area contributed by atoms with Crippen LogP contribution in [0.2, 0.25) is 0 Å². The summed E-state index contributed by atoms with van der Waals surface area (Å²) in [5.41, 5.74) is 3.93. The van der Waals surface area contributed by atoms with Crippen LogP contribution < -0.4 is 15.0 Å². The number of fused-ring (bicyclic) bond motifs is 2. The van der Waals surface area contributed by atoms with Gasteiger partial charge in [0.05, 0.1) is 18.4 Å². The second-order valence-corrected chi connectivity index (χ2v) is 6.53. The van der Waals surface area contributed by atoms with Crippen molar-refractivity contribution in [2.45, 2.75) is 19.9 Å². The van der Waals surface area contributed by atoms with Crippen LogP contribution in [0.5, 0.6) is 11.5 Å². The fourth-order valence-electron chi connectivity index (χ4n) is 3.45. The first-order valence-corrected chi connectivity index (χ1v) is 8.43. The van der Waals surface area contributed by atoms with Crippen molar-refractivity contribution in [2.24, 2.45) is 0 Å². The van der Waals surface area contributed by atoms with Crippen LogP contribution in [0.15, 0.2) is 28.6 Å². The molecule has 6 nitrogen and oxygen atoms in total. The highest BCUT2D eigenvalue weighted by molar-refractivity contribution is 5.64. The van der Waals surface area contributed by atoms with Gasteiger partial charge >= 0.3 is 0 Å². The number of hydrogen-bond donors (Lipinski definition) is 1. The zero-order valence-electron chi connectivity index (χ0n) is 14.5. The molecule has 2 aliphatic heterocycles. The fourth-order valence-corrected chi connectivity index (χ4v) is 3.45. The molecule has 0 saturated carbocycles. The van der Waals surface area contributed by atoms with Gasteiger partial charge in [0.25, 0.3) is 5.56 Å². The van der Waals surface area contributed by atoms with Crippen LogP contribution in [0.25, 0.3) is 6.08 Å². The van der Waals surface area contributed by atoms with Crippen molar-refractivity contribution in [1.29, 1.82) is 0 Å². The van der Waals surface area contributed by atoms with E-state index in [9.17, 15) is 4.79 Å². The molecule has 6 heteroatoms. The molecule has 2 aromatic rings. The molecular weight excluding hydrogens is 318 g/mol. The molecule has 1 aromatic heterocycles. The van der Waals surface area contributed by atoms with Crippen molar-refractivity contribution in [3.63, 3.8) is 0 Å². The van der Waals surface area contributed by atoms with Crippen molar-refractivity contribution in [1.82, 2.24) is 14.9 Å². The highest BCUT2D eigenvalue weighted by Crippen LogP contribution is 2.30. The first kappa shape index (κ1) is 15.9. The molecule has 0 radical (unpaired) electrons. The summed E-state index contributed by atoms with van der Waals surface area (Å²) in [5.74, 6) is 2.38. The first-order chi connectivity index (χ1) is 12.1. The average molecular weight is 339 g/mol. The lowest BCUT2D eigenvalue weighted by atomic mass is 10.0. The molecule has 0 unspecified atom stereocenters. The number of benzene rings is 1. The summed E-state index contributed by atoms with van der Waals surface area (Å²) in [4.78, 5) is 21.7. The molecule has 25 heavy (non-hydrogen) atoms. The molecule has 3 heterocycles. The SMILES string of the molecule is COc1ccc2c(c1)C=C(CN1CCc3nc(C)[nH]c(=O)c3C1)CO2. The Morgan fingerprint density at radius 1 is 1.40 bits per heavy atom. The largest absolute Gasteiger partial charge is 0.497 e. The number of nitrogens with zero attached hydrogens (tertiary/aromatic N) is 2. The Morgan fingerprint density at radius 2 is 2.28 bits per heavy atom. The topological polar surface area (TPSA) is 67.5 Å². The van der Waals surface area contributed by atoms with E-state index >= 15 is 0 Å². The predicted octanol–water partition coefficient (Wildman–Crippen LogP) is 1.92. The van der Waals surface area contributed by atoms with Gasteiger partial charge in [-0.2, -0.15) is 0 Å². The third kappa shape index (κ3) is 3.17. The Bertz CT molecular complexity index is 901. The smallest absolute Gasteiger partial charge is 0.255 e. The van der Waals surface area contributed by atoms with Crippen molar-refractivity contribution in [3.8, 4) is 11.5 Å². The van der Waals surface area contributed by atoms with Crippen LogP contribution in [0.1, 0.15) is 22.6 Å². The Balaban J connectivity index is 1.53.